The van der Waals surface area contributed by atoms with Gasteiger partial charge in [-0.05, 0) is 30.7 Å². The predicted octanol–water partition coefficient (Wildman–Crippen LogP) is 1.21. The maximum Gasteiger partial charge on any atom is 0.328 e. The Hall–Kier alpha value is -1.85. The molecule has 0 heterocycles. The number of benzene rings is 1. The van der Waals surface area contributed by atoms with Crippen LogP contribution in [0.4, 0.5) is 0 Å². The second-order valence-corrected chi connectivity index (χ2v) is 3.86. The van der Waals surface area contributed by atoms with Crippen molar-refractivity contribution in [3.05, 3.63) is 35.4 Å². The third kappa shape index (κ3) is 3.58. The SMILES string of the molecule is COc1ccc(C=CC(=O)O)cc1C(O)C(C)O. The second-order valence-electron chi connectivity index (χ2n) is 3.86. The van der Waals surface area contributed by atoms with Crippen molar-refractivity contribution >= 4 is 12.0 Å². The second kappa shape index (κ2) is 6.18. The van der Waals surface area contributed by atoms with Crippen LogP contribution in [0.3, 0.4) is 0 Å². The van der Waals surface area contributed by atoms with E-state index in [0.29, 0.717) is 16.9 Å². The molecule has 2 atom stereocenters. The molecule has 1 rings (SSSR count). The Kier molecular flexibility index (Phi) is 4.88. The van der Waals surface area contributed by atoms with Gasteiger partial charge in [-0.15, -0.1) is 0 Å². The lowest BCUT2D eigenvalue weighted by atomic mass is 10.0. The molecule has 0 aliphatic rings. The molecule has 18 heavy (non-hydrogen) atoms. The lowest BCUT2D eigenvalue weighted by Gasteiger charge is -2.17. The highest BCUT2D eigenvalue weighted by Crippen LogP contribution is 2.28. The number of hydrogen-bond acceptors (Lipinski definition) is 4. The van der Waals surface area contributed by atoms with Gasteiger partial charge in [-0.1, -0.05) is 6.07 Å². The Morgan fingerprint density at radius 3 is 2.56 bits per heavy atom. The average Bonchev–Trinajstić information content (AvgIpc) is 2.34. The fraction of sp³-hybridized carbons (Fsp3) is 0.308. The first-order valence-electron chi connectivity index (χ1n) is 5.40. The lowest BCUT2D eigenvalue weighted by molar-refractivity contribution is -0.131. The molecule has 5 heteroatoms. The first kappa shape index (κ1) is 14.2. The van der Waals surface area contributed by atoms with Crippen LogP contribution in [0, 0.1) is 0 Å². The molecule has 0 aliphatic heterocycles. The van der Waals surface area contributed by atoms with Crippen LogP contribution in [0.25, 0.3) is 6.08 Å². The number of carboxylic acids is 1. The van der Waals surface area contributed by atoms with Crippen molar-refractivity contribution in [1.82, 2.24) is 0 Å². The van der Waals surface area contributed by atoms with Gasteiger partial charge < -0.3 is 20.1 Å². The molecular formula is C13H16O5. The Balaban J connectivity index is 3.13. The first-order valence-corrected chi connectivity index (χ1v) is 5.40. The largest absolute Gasteiger partial charge is 0.496 e. The van der Waals surface area contributed by atoms with Crippen LogP contribution in [-0.2, 0) is 4.79 Å². The van der Waals surface area contributed by atoms with Gasteiger partial charge in [0.25, 0.3) is 0 Å². The minimum absolute atomic E-state index is 0.417. The third-order valence-electron chi connectivity index (χ3n) is 2.45. The van der Waals surface area contributed by atoms with Crippen molar-refractivity contribution in [2.45, 2.75) is 19.1 Å². The number of aliphatic hydroxyl groups excluding tert-OH is 2. The first-order chi connectivity index (χ1) is 8.45. The van der Waals surface area contributed by atoms with Crippen molar-refractivity contribution in [3.63, 3.8) is 0 Å². The molecular weight excluding hydrogens is 236 g/mol. The van der Waals surface area contributed by atoms with Gasteiger partial charge >= 0.3 is 5.97 Å². The number of rotatable bonds is 5. The molecule has 3 N–H and O–H groups in total. The highest BCUT2D eigenvalue weighted by atomic mass is 16.5. The molecule has 1 aromatic carbocycles. The van der Waals surface area contributed by atoms with E-state index in [9.17, 15) is 15.0 Å². The molecule has 1 aromatic rings. The average molecular weight is 252 g/mol. The van der Waals surface area contributed by atoms with Gasteiger partial charge in [0.1, 0.15) is 11.9 Å². The fourth-order valence-electron chi connectivity index (χ4n) is 1.52. The van der Waals surface area contributed by atoms with Gasteiger partial charge in [0.05, 0.1) is 13.2 Å². The van der Waals surface area contributed by atoms with E-state index in [4.69, 9.17) is 9.84 Å². The highest BCUT2D eigenvalue weighted by molar-refractivity contribution is 5.85. The van der Waals surface area contributed by atoms with Crippen LogP contribution in [0.5, 0.6) is 5.75 Å². The summed E-state index contributed by atoms with van der Waals surface area (Å²) in [5.74, 6) is -0.612. The van der Waals surface area contributed by atoms with E-state index in [0.717, 1.165) is 6.08 Å². The van der Waals surface area contributed by atoms with Gasteiger partial charge in [0.15, 0.2) is 0 Å². The van der Waals surface area contributed by atoms with E-state index in [1.165, 1.54) is 20.1 Å². The molecule has 0 saturated carbocycles. The van der Waals surface area contributed by atoms with Gasteiger partial charge in [-0.3, -0.25) is 0 Å². The van der Waals surface area contributed by atoms with Crippen molar-refractivity contribution < 1.29 is 24.9 Å². The van der Waals surface area contributed by atoms with Crippen molar-refractivity contribution in [2.75, 3.05) is 7.11 Å². The van der Waals surface area contributed by atoms with Crippen molar-refractivity contribution in [3.8, 4) is 5.75 Å². The molecule has 0 radical (unpaired) electrons. The van der Waals surface area contributed by atoms with Gasteiger partial charge in [0, 0.05) is 11.6 Å². The number of carbonyl (C=O) groups is 1. The van der Waals surface area contributed by atoms with E-state index in [1.54, 1.807) is 18.2 Å². The summed E-state index contributed by atoms with van der Waals surface area (Å²) in [6.45, 7) is 1.46. The minimum atomic E-state index is -1.09. The highest BCUT2D eigenvalue weighted by Gasteiger charge is 2.18. The molecule has 0 aliphatic carbocycles. The summed E-state index contributed by atoms with van der Waals surface area (Å²) in [5, 5.41) is 27.8. The summed E-state index contributed by atoms with van der Waals surface area (Å²) in [7, 11) is 1.46. The van der Waals surface area contributed by atoms with Crippen LogP contribution in [0.1, 0.15) is 24.2 Å². The zero-order valence-electron chi connectivity index (χ0n) is 10.2. The van der Waals surface area contributed by atoms with Crippen LogP contribution >= 0.6 is 0 Å². The van der Waals surface area contributed by atoms with Crippen LogP contribution in [0.2, 0.25) is 0 Å². The topological polar surface area (TPSA) is 87.0 Å². The maximum atomic E-state index is 10.4. The zero-order chi connectivity index (χ0) is 13.7. The molecule has 0 bridgehead atoms. The summed E-state index contributed by atoms with van der Waals surface area (Å²) in [6.07, 6.45) is 0.371. The third-order valence-corrected chi connectivity index (χ3v) is 2.45. The van der Waals surface area contributed by atoms with Crippen molar-refractivity contribution in [2.24, 2.45) is 0 Å². The molecule has 0 saturated heterocycles. The molecule has 5 nitrogen and oxygen atoms in total. The Morgan fingerprint density at radius 2 is 2.06 bits per heavy atom. The Morgan fingerprint density at radius 1 is 1.39 bits per heavy atom. The smallest absolute Gasteiger partial charge is 0.328 e. The number of hydrogen-bond donors (Lipinski definition) is 3. The number of aliphatic hydroxyl groups is 2. The lowest BCUT2D eigenvalue weighted by Crippen LogP contribution is -2.14. The quantitative estimate of drug-likeness (QED) is 0.685. The van der Waals surface area contributed by atoms with E-state index < -0.39 is 18.2 Å². The van der Waals surface area contributed by atoms with Crippen LogP contribution in [-0.4, -0.2) is 34.5 Å². The summed E-state index contributed by atoms with van der Waals surface area (Å²) in [4.78, 5) is 10.4. The van der Waals surface area contributed by atoms with Gasteiger partial charge in [-0.2, -0.15) is 0 Å². The monoisotopic (exact) mass is 252 g/mol. The molecule has 98 valence electrons. The van der Waals surface area contributed by atoms with Gasteiger partial charge in [0.2, 0.25) is 0 Å². The number of ether oxygens (including phenoxy) is 1. The maximum absolute atomic E-state index is 10.4. The van der Waals surface area contributed by atoms with Crippen LogP contribution in [0.15, 0.2) is 24.3 Å². The molecule has 0 aromatic heterocycles. The van der Waals surface area contributed by atoms with E-state index >= 15 is 0 Å². The molecule has 2 unspecified atom stereocenters. The summed E-state index contributed by atoms with van der Waals surface area (Å²) >= 11 is 0. The normalized spacial score (nSPS) is 14.4. The zero-order valence-corrected chi connectivity index (χ0v) is 10.2. The molecule has 0 amide bonds. The fourth-order valence-corrected chi connectivity index (χ4v) is 1.52. The molecule has 0 spiro atoms. The van der Waals surface area contributed by atoms with Crippen LogP contribution < -0.4 is 4.74 Å². The van der Waals surface area contributed by atoms with E-state index in [-0.39, 0.29) is 0 Å². The minimum Gasteiger partial charge on any atom is -0.496 e. The number of methoxy groups -OCH3 is 1. The van der Waals surface area contributed by atoms with Crippen molar-refractivity contribution in [1.29, 1.82) is 0 Å². The standard InChI is InChI=1S/C13H16O5/c1-8(14)13(17)10-7-9(4-6-12(15)16)3-5-11(10)18-2/h3-8,13-14,17H,1-2H3,(H,15,16). The van der Waals surface area contributed by atoms with E-state index in [1.807, 2.05) is 0 Å². The Bertz CT molecular complexity index is 451. The number of carboxylic acid groups (broad SMARTS) is 1. The van der Waals surface area contributed by atoms with Gasteiger partial charge in [-0.25, -0.2) is 4.79 Å². The summed E-state index contributed by atoms with van der Waals surface area (Å²) < 4.78 is 5.09. The predicted molar refractivity (Wildman–Crippen MR) is 66.3 cm³/mol. The molecule has 0 fully saturated rings. The number of aliphatic carboxylic acids is 1. The Labute approximate surface area is 105 Å². The van der Waals surface area contributed by atoms with E-state index in [2.05, 4.69) is 0 Å². The summed E-state index contributed by atoms with van der Waals surface area (Å²) in [5.41, 5.74) is 1.02. The summed E-state index contributed by atoms with van der Waals surface area (Å²) in [6, 6.07) is 4.86.